The lowest BCUT2D eigenvalue weighted by atomic mass is 9.84. The van der Waals surface area contributed by atoms with Crippen molar-refractivity contribution in [3.8, 4) is 22.5 Å². The van der Waals surface area contributed by atoms with Crippen LogP contribution in [0.4, 0.5) is 4.79 Å². The van der Waals surface area contributed by atoms with Crippen LogP contribution in [0.25, 0.3) is 33.4 Å². The van der Waals surface area contributed by atoms with Crippen molar-refractivity contribution < 1.29 is 37.1 Å². The summed E-state index contributed by atoms with van der Waals surface area (Å²) in [5, 5.41) is 7.96. The molecule has 2 saturated heterocycles. The second kappa shape index (κ2) is 18.7. The number of thiazole rings is 1. The molecule has 3 aromatic heterocycles. The molecule has 0 saturated carbocycles. The molecule has 6 heterocycles. The zero-order valence-corrected chi connectivity index (χ0v) is 39.1. The first-order chi connectivity index (χ1) is 29.9. The highest BCUT2D eigenvalue weighted by Gasteiger charge is 2.39. The molecule has 2 N–H and O–H groups in total. The van der Waals surface area contributed by atoms with E-state index in [0.717, 1.165) is 44.7 Å². The van der Waals surface area contributed by atoms with Crippen molar-refractivity contribution in [2.24, 2.45) is 11.3 Å². The number of amides is 4. The van der Waals surface area contributed by atoms with E-state index in [4.69, 9.17) is 19.4 Å². The molecule has 1 aromatic carbocycles. The van der Waals surface area contributed by atoms with Gasteiger partial charge < -0.3 is 29.2 Å². The van der Waals surface area contributed by atoms with Crippen molar-refractivity contribution in [3.63, 3.8) is 0 Å². The summed E-state index contributed by atoms with van der Waals surface area (Å²) in [6, 6.07) is 6.99. The Morgan fingerprint density at radius 3 is 2.57 bits per heavy atom. The van der Waals surface area contributed by atoms with Crippen LogP contribution < -0.4 is 10.7 Å². The maximum absolute atomic E-state index is 14.5. The summed E-state index contributed by atoms with van der Waals surface area (Å²) in [6.45, 7) is 13.1. The maximum atomic E-state index is 14.5. The van der Waals surface area contributed by atoms with Gasteiger partial charge in [0.15, 0.2) is 9.84 Å². The van der Waals surface area contributed by atoms with Crippen molar-refractivity contribution in [1.82, 2.24) is 40.1 Å². The lowest BCUT2D eigenvalue weighted by molar-refractivity contribution is -0.155. The third-order valence-corrected chi connectivity index (χ3v) is 14.9. The molecule has 6 bridgehead atoms. The smallest absolute Gasteiger partial charge is 0.324 e. The fourth-order valence-electron chi connectivity index (χ4n) is 8.99. The number of sulfone groups is 1. The van der Waals surface area contributed by atoms with E-state index in [1.165, 1.54) is 33.2 Å². The van der Waals surface area contributed by atoms with E-state index in [9.17, 15) is 27.6 Å². The van der Waals surface area contributed by atoms with Crippen molar-refractivity contribution in [1.29, 1.82) is 0 Å². The fourth-order valence-corrected chi connectivity index (χ4v) is 11.0. The summed E-state index contributed by atoms with van der Waals surface area (Å²) in [7, 11) is -0.0367. The molecular weight excluding hydrogens is 845 g/mol. The number of ether oxygens (including phenoxy) is 2. The number of hydrazine groups is 1. The van der Waals surface area contributed by atoms with Crippen LogP contribution >= 0.6 is 11.3 Å². The normalized spacial score (nSPS) is 21.4. The summed E-state index contributed by atoms with van der Waals surface area (Å²) >= 11 is 1.39. The molecule has 18 heteroatoms. The number of fused-ring (bicyclic) bond motifs is 6. The third kappa shape index (κ3) is 9.78. The van der Waals surface area contributed by atoms with Crippen LogP contribution in [-0.2, 0) is 53.1 Å². The minimum absolute atomic E-state index is 0.0338. The number of nitrogens with one attached hydrogen (secondary N) is 2. The van der Waals surface area contributed by atoms with Crippen LogP contribution in [0.1, 0.15) is 76.8 Å². The number of hydrogen-bond donors (Lipinski definition) is 2. The Hall–Kier alpha value is -4.91. The number of urea groups is 1. The summed E-state index contributed by atoms with van der Waals surface area (Å²) in [5.74, 6) is -2.11. The average molecular weight is 905 g/mol. The van der Waals surface area contributed by atoms with E-state index < -0.39 is 57.2 Å². The summed E-state index contributed by atoms with van der Waals surface area (Å²) < 4.78 is 38.4. The van der Waals surface area contributed by atoms with E-state index in [-0.39, 0.29) is 49.6 Å². The number of aromatic nitrogens is 3. The van der Waals surface area contributed by atoms with Gasteiger partial charge in [0.05, 0.1) is 46.3 Å². The number of cyclic esters (lactones) is 1. The first-order valence-corrected chi connectivity index (χ1v) is 24.5. The number of rotatable bonds is 8. The minimum atomic E-state index is -3.24. The largest absolute Gasteiger partial charge is 0.464 e. The van der Waals surface area contributed by atoms with Gasteiger partial charge in [-0.15, -0.1) is 11.3 Å². The highest BCUT2D eigenvalue weighted by molar-refractivity contribution is 7.91. The predicted octanol–water partition coefficient (Wildman–Crippen LogP) is 5.01. The number of benzene rings is 1. The molecule has 0 unspecified atom stereocenters. The molecule has 63 heavy (non-hydrogen) atoms. The van der Waals surface area contributed by atoms with Gasteiger partial charge in [0.25, 0.3) is 5.91 Å². The number of esters is 1. The molecular formula is C45H60N8O8S2. The number of likely N-dealkylation sites (N-methyl/N-ethyl adjacent to an activating group) is 1. The van der Waals surface area contributed by atoms with Crippen molar-refractivity contribution in [2.75, 3.05) is 51.9 Å². The third-order valence-electron chi connectivity index (χ3n) is 12.4. The Bertz CT molecular complexity index is 2470. The lowest BCUT2D eigenvalue weighted by Gasteiger charge is -2.38. The van der Waals surface area contributed by atoms with Crippen LogP contribution in [0.15, 0.2) is 41.9 Å². The number of pyridine rings is 1. The molecule has 340 valence electrons. The first kappa shape index (κ1) is 46.1. The van der Waals surface area contributed by atoms with Gasteiger partial charge in [-0.1, -0.05) is 33.8 Å². The monoisotopic (exact) mass is 904 g/mol. The van der Waals surface area contributed by atoms with Crippen LogP contribution in [0, 0.1) is 11.3 Å². The Morgan fingerprint density at radius 1 is 1.13 bits per heavy atom. The molecule has 16 nitrogen and oxygen atoms in total. The Labute approximate surface area is 373 Å². The molecule has 3 aliphatic rings. The zero-order chi connectivity index (χ0) is 45.4. The second-order valence-electron chi connectivity index (χ2n) is 18.0. The summed E-state index contributed by atoms with van der Waals surface area (Å²) in [5.41, 5.74) is 9.15. The molecule has 0 aliphatic carbocycles. The van der Waals surface area contributed by atoms with E-state index >= 15 is 0 Å². The first-order valence-electron chi connectivity index (χ1n) is 21.8. The summed E-state index contributed by atoms with van der Waals surface area (Å²) in [4.78, 5) is 69.0. The lowest BCUT2D eigenvalue weighted by Crippen LogP contribution is -2.62. The van der Waals surface area contributed by atoms with E-state index in [0.29, 0.717) is 37.4 Å². The number of aryl methyl sites for hydroxylation is 1. The average Bonchev–Trinajstić information content (AvgIpc) is 3.85. The SMILES string of the molecule is CCn1c(-c2cccnc2[C@H](C)OC)c2c3cc(ccc31)-c1csc(n1)C[C@H](NC(=O)[C@H](C(C)C)N(C)C(=O)N1CCS(=O)(=O)CC1)C(=O)N1CCC[C@H](N1)C(=O)OCC(C)(C)C2. The van der Waals surface area contributed by atoms with Crippen molar-refractivity contribution in [3.05, 3.63) is 58.2 Å². The van der Waals surface area contributed by atoms with Crippen molar-refractivity contribution in [2.45, 2.75) is 98.0 Å². The second-order valence-corrected chi connectivity index (χ2v) is 21.2. The molecule has 4 atom stereocenters. The highest BCUT2D eigenvalue weighted by Crippen LogP contribution is 2.42. The predicted molar refractivity (Wildman–Crippen MR) is 241 cm³/mol. The number of methoxy groups -OCH3 is 1. The molecule has 2 fully saturated rings. The number of carbonyl (C=O) groups excluding carboxylic acids is 4. The standard InChI is InChI=1S/C45H60N8O8S2/c1-9-52-36-15-14-29-22-31(36)32(40(52)30-12-10-16-46-38(30)28(4)60-8)24-45(5,6)26-61-43(56)33-13-11-17-53(49-33)42(55)34(23-37-47-35(29)25-62-37)48-41(54)39(27(2)3)50(7)44(57)51-18-20-63(58,59)21-19-51/h10,12,14-16,22,25,27-28,33-34,39,49H,9,11,13,17-21,23-24,26H2,1-8H3,(H,48,54)/t28-,33-,34-,39-/m0/s1. The summed E-state index contributed by atoms with van der Waals surface area (Å²) in [6.07, 6.45) is 3.11. The quantitative estimate of drug-likeness (QED) is 0.227. The molecule has 3 aliphatic heterocycles. The molecule has 4 aromatic rings. The number of carbonyl (C=O) groups is 4. The van der Waals surface area contributed by atoms with Gasteiger partial charge in [-0.05, 0) is 68.9 Å². The van der Waals surface area contributed by atoms with E-state index in [1.54, 1.807) is 13.3 Å². The van der Waals surface area contributed by atoms with Gasteiger partial charge >= 0.3 is 12.0 Å². The topological polar surface area (TPSA) is 185 Å². The van der Waals surface area contributed by atoms with Crippen molar-refractivity contribution >= 4 is 55.9 Å². The number of nitrogens with zero attached hydrogens (tertiary/aromatic N) is 6. The molecule has 4 amide bonds. The molecule has 7 rings (SSSR count). The Balaban J connectivity index is 1.28. The van der Waals surface area contributed by atoms with E-state index in [1.807, 2.05) is 38.3 Å². The van der Waals surface area contributed by atoms with Gasteiger partial charge in [0.2, 0.25) is 5.91 Å². The highest BCUT2D eigenvalue weighted by atomic mass is 32.2. The van der Waals surface area contributed by atoms with Crippen LogP contribution in [0.3, 0.4) is 0 Å². The minimum Gasteiger partial charge on any atom is -0.464 e. The maximum Gasteiger partial charge on any atom is 0.324 e. The number of hydrogen-bond acceptors (Lipinski definition) is 12. The van der Waals surface area contributed by atoms with Crippen LogP contribution in [0.5, 0.6) is 0 Å². The van der Waals surface area contributed by atoms with E-state index in [2.05, 4.69) is 54.3 Å². The fraction of sp³-hybridized carbons (Fsp3) is 0.556. The van der Waals surface area contributed by atoms with Crippen LogP contribution in [0.2, 0.25) is 0 Å². The van der Waals surface area contributed by atoms with Crippen LogP contribution in [-0.4, -0.2) is 132 Å². The Kier molecular flexibility index (Phi) is 13.7. The zero-order valence-electron chi connectivity index (χ0n) is 37.5. The van der Waals surface area contributed by atoms with Gasteiger partial charge in [-0.3, -0.25) is 24.4 Å². The van der Waals surface area contributed by atoms with Gasteiger partial charge in [0.1, 0.15) is 18.1 Å². The molecule has 0 spiro atoms. The van der Waals surface area contributed by atoms with Gasteiger partial charge in [-0.25, -0.2) is 23.6 Å². The van der Waals surface area contributed by atoms with Gasteiger partial charge in [-0.2, -0.15) is 0 Å². The molecule has 0 radical (unpaired) electrons. The van der Waals surface area contributed by atoms with Gasteiger partial charge in [0, 0.05) is 85.8 Å². The Morgan fingerprint density at radius 2 is 1.87 bits per heavy atom.